The largest absolute Gasteiger partial charge is 0.378 e. The van der Waals surface area contributed by atoms with Crippen molar-refractivity contribution < 1.29 is 4.74 Å². The number of morpholine rings is 1. The Morgan fingerprint density at radius 2 is 2.06 bits per heavy atom. The van der Waals surface area contributed by atoms with Crippen molar-refractivity contribution in [2.45, 2.75) is 18.9 Å². The molecule has 2 fully saturated rings. The predicted octanol–water partition coefficient (Wildman–Crippen LogP) is 1.16. The average Bonchev–Trinajstić information content (AvgIpc) is 2.92. The molecule has 1 saturated heterocycles. The Morgan fingerprint density at radius 1 is 1.25 bits per heavy atom. The smallest absolute Gasteiger partial charge is 0.169 e. The summed E-state index contributed by atoms with van der Waals surface area (Å²) in [6.07, 6.45) is 7.30. The van der Waals surface area contributed by atoms with Crippen LogP contribution in [0.1, 0.15) is 12.8 Å². The van der Waals surface area contributed by atoms with E-state index in [4.69, 9.17) is 17.0 Å². The van der Waals surface area contributed by atoms with E-state index in [1.165, 1.54) is 12.8 Å². The van der Waals surface area contributed by atoms with Gasteiger partial charge in [-0.1, -0.05) is 12.2 Å². The Labute approximate surface area is 102 Å². The highest BCUT2D eigenvalue weighted by molar-refractivity contribution is 7.80. The number of hydrogen-bond donors (Lipinski definition) is 1. The molecule has 3 aliphatic rings. The molecular formula is C12H18N2OS. The standard InChI is InChI=1S/C12H18N2OS/c16-12(14-3-5-15-6-4-14)13-11-8-9-1-2-10(11)7-9/h1-2,9-11H,3-8H2,(H,13,16)/t9-,10-,11-/m0/s1. The minimum absolute atomic E-state index is 0.574. The predicted molar refractivity (Wildman–Crippen MR) is 67.3 cm³/mol. The maximum absolute atomic E-state index is 5.46. The Kier molecular flexibility index (Phi) is 2.86. The molecule has 2 bridgehead atoms. The molecule has 1 N–H and O–H groups in total. The van der Waals surface area contributed by atoms with Crippen molar-refractivity contribution in [2.75, 3.05) is 26.3 Å². The van der Waals surface area contributed by atoms with E-state index >= 15 is 0 Å². The fraction of sp³-hybridized carbons (Fsp3) is 0.750. The van der Waals surface area contributed by atoms with Crippen molar-refractivity contribution in [3.63, 3.8) is 0 Å². The molecule has 1 aliphatic heterocycles. The van der Waals surface area contributed by atoms with Crippen LogP contribution < -0.4 is 5.32 Å². The molecule has 0 aromatic heterocycles. The molecule has 0 spiro atoms. The minimum atomic E-state index is 0.574. The molecular weight excluding hydrogens is 220 g/mol. The van der Waals surface area contributed by atoms with E-state index < -0.39 is 0 Å². The molecule has 0 aromatic rings. The van der Waals surface area contributed by atoms with Crippen molar-refractivity contribution in [3.05, 3.63) is 12.2 Å². The van der Waals surface area contributed by atoms with Crippen molar-refractivity contribution in [1.82, 2.24) is 10.2 Å². The molecule has 4 heteroatoms. The van der Waals surface area contributed by atoms with E-state index in [0.717, 1.165) is 37.3 Å². The maximum Gasteiger partial charge on any atom is 0.169 e. The molecule has 1 heterocycles. The molecule has 3 atom stereocenters. The second-order valence-electron chi connectivity index (χ2n) is 4.94. The van der Waals surface area contributed by atoms with Crippen molar-refractivity contribution in [2.24, 2.45) is 11.8 Å². The first-order valence-corrected chi connectivity index (χ1v) is 6.55. The number of fused-ring (bicyclic) bond motifs is 2. The lowest BCUT2D eigenvalue weighted by molar-refractivity contribution is 0.0673. The van der Waals surface area contributed by atoms with Crippen LogP contribution in [-0.4, -0.2) is 42.4 Å². The van der Waals surface area contributed by atoms with Crippen molar-refractivity contribution in [3.8, 4) is 0 Å². The normalized spacial score (nSPS) is 36.8. The van der Waals surface area contributed by atoms with Gasteiger partial charge in [-0.2, -0.15) is 0 Å². The molecule has 0 unspecified atom stereocenters. The Morgan fingerprint density at radius 3 is 2.69 bits per heavy atom. The van der Waals surface area contributed by atoms with Gasteiger partial charge in [0.25, 0.3) is 0 Å². The van der Waals surface area contributed by atoms with Gasteiger partial charge in [-0.3, -0.25) is 0 Å². The van der Waals surface area contributed by atoms with Gasteiger partial charge in [-0.15, -0.1) is 0 Å². The number of nitrogens with one attached hydrogen (secondary N) is 1. The van der Waals surface area contributed by atoms with E-state index in [-0.39, 0.29) is 0 Å². The fourth-order valence-corrected chi connectivity index (χ4v) is 3.30. The van der Waals surface area contributed by atoms with E-state index in [1.54, 1.807) is 0 Å². The van der Waals surface area contributed by atoms with Gasteiger partial charge in [0.05, 0.1) is 13.2 Å². The van der Waals surface area contributed by atoms with E-state index in [1.807, 2.05) is 0 Å². The fourth-order valence-electron chi connectivity index (χ4n) is 2.96. The summed E-state index contributed by atoms with van der Waals surface area (Å²) < 4.78 is 5.33. The third-order valence-electron chi connectivity index (χ3n) is 3.89. The lowest BCUT2D eigenvalue weighted by Gasteiger charge is -2.32. The summed E-state index contributed by atoms with van der Waals surface area (Å²) in [6.45, 7) is 3.47. The zero-order valence-electron chi connectivity index (χ0n) is 9.39. The van der Waals surface area contributed by atoms with Crippen molar-refractivity contribution >= 4 is 17.3 Å². The van der Waals surface area contributed by atoms with E-state index in [9.17, 15) is 0 Å². The molecule has 0 amide bonds. The van der Waals surface area contributed by atoms with Gasteiger partial charge in [0.2, 0.25) is 0 Å². The second kappa shape index (κ2) is 4.34. The van der Waals surface area contributed by atoms with Crippen LogP contribution in [-0.2, 0) is 4.74 Å². The van der Waals surface area contributed by atoms with E-state index in [2.05, 4.69) is 22.4 Å². The SMILES string of the molecule is S=C(N[C@H]1C[C@H]2C=C[C@H]1C2)N1CCOCC1. The summed E-state index contributed by atoms with van der Waals surface area (Å²) in [5.74, 6) is 1.51. The van der Waals surface area contributed by atoms with Crippen LogP contribution in [0.3, 0.4) is 0 Å². The average molecular weight is 238 g/mol. The lowest BCUT2D eigenvalue weighted by Crippen LogP contribution is -2.49. The maximum atomic E-state index is 5.46. The third kappa shape index (κ3) is 1.96. The summed E-state index contributed by atoms with van der Waals surface area (Å²) in [5.41, 5.74) is 0. The van der Waals surface area contributed by atoms with Crippen LogP contribution in [0.4, 0.5) is 0 Å². The zero-order chi connectivity index (χ0) is 11.0. The third-order valence-corrected chi connectivity index (χ3v) is 4.26. The topological polar surface area (TPSA) is 24.5 Å². The highest BCUT2D eigenvalue weighted by atomic mass is 32.1. The van der Waals surface area contributed by atoms with Gasteiger partial charge >= 0.3 is 0 Å². The van der Waals surface area contributed by atoms with Crippen LogP contribution in [0.25, 0.3) is 0 Å². The van der Waals surface area contributed by atoms with Crippen LogP contribution in [0, 0.1) is 11.8 Å². The number of nitrogens with zero attached hydrogens (tertiary/aromatic N) is 1. The van der Waals surface area contributed by atoms with Crippen molar-refractivity contribution in [1.29, 1.82) is 0 Å². The number of thiocarbonyl (C=S) groups is 1. The zero-order valence-corrected chi connectivity index (χ0v) is 10.2. The Bertz CT molecular complexity index is 312. The number of hydrogen-bond acceptors (Lipinski definition) is 2. The van der Waals surface area contributed by atoms with Crippen LogP contribution >= 0.6 is 12.2 Å². The minimum Gasteiger partial charge on any atom is -0.378 e. The van der Waals surface area contributed by atoms with Gasteiger partial charge in [0.1, 0.15) is 0 Å². The number of allylic oxidation sites excluding steroid dienone is 1. The summed E-state index contributed by atoms with van der Waals surface area (Å²) >= 11 is 5.46. The first kappa shape index (κ1) is 10.5. The molecule has 88 valence electrons. The second-order valence-corrected chi connectivity index (χ2v) is 5.32. The first-order chi connectivity index (χ1) is 7.83. The van der Waals surface area contributed by atoms with Gasteiger partial charge < -0.3 is 15.0 Å². The molecule has 0 aromatic carbocycles. The molecule has 3 nitrogen and oxygen atoms in total. The summed E-state index contributed by atoms with van der Waals surface area (Å²) in [6, 6.07) is 0.574. The van der Waals surface area contributed by atoms with E-state index in [0.29, 0.717) is 12.0 Å². The monoisotopic (exact) mass is 238 g/mol. The van der Waals surface area contributed by atoms with Gasteiger partial charge in [0, 0.05) is 19.1 Å². The van der Waals surface area contributed by atoms with Crippen LogP contribution in [0.5, 0.6) is 0 Å². The molecule has 2 aliphatic carbocycles. The Hall–Kier alpha value is -0.610. The lowest BCUT2D eigenvalue weighted by atomic mass is 10.0. The summed E-state index contributed by atoms with van der Waals surface area (Å²) in [5, 5.41) is 4.46. The van der Waals surface area contributed by atoms with Gasteiger partial charge in [0.15, 0.2) is 5.11 Å². The number of rotatable bonds is 1. The Balaban J connectivity index is 1.54. The highest BCUT2D eigenvalue weighted by Crippen LogP contribution is 2.38. The highest BCUT2D eigenvalue weighted by Gasteiger charge is 2.36. The summed E-state index contributed by atoms with van der Waals surface area (Å²) in [4.78, 5) is 2.23. The molecule has 16 heavy (non-hydrogen) atoms. The quantitative estimate of drug-likeness (QED) is 0.547. The first-order valence-electron chi connectivity index (χ1n) is 6.14. The van der Waals surface area contributed by atoms with Gasteiger partial charge in [-0.05, 0) is 36.9 Å². The molecule has 0 radical (unpaired) electrons. The van der Waals surface area contributed by atoms with Crippen LogP contribution in [0.2, 0.25) is 0 Å². The summed E-state index contributed by atoms with van der Waals surface area (Å²) in [7, 11) is 0. The van der Waals surface area contributed by atoms with Crippen LogP contribution in [0.15, 0.2) is 12.2 Å². The number of ether oxygens (including phenoxy) is 1. The van der Waals surface area contributed by atoms with Gasteiger partial charge in [-0.25, -0.2) is 0 Å². The molecule has 3 rings (SSSR count). The molecule has 1 saturated carbocycles.